The molecule has 0 fully saturated rings. The van der Waals surface area contributed by atoms with Crippen molar-refractivity contribution in [3.05, 3.63) is 40.4 Å². The Morgan fingerprint density at radius 3 is 2.93 bits per heavy atom. The number of nitrogens with one attached hydrogen (secondary N) is 2. The molecule has 2 aromatic rings. The summed E-state index contributed by atoms with van der Waals surface area (Å²) < 4.78 is 56.1. The lowest BCUT2D eigenvalue weighted by atomic mass is 9.84. The molecular formula is C17H18BrF2N3O3S. The predicted molar refractivity (Wildman–Crippen MR) is 101 cm³/mol. The number of alkyl halides is 1. The Balaban J connectivity index is 1.92. The van der Waals surface area contributed by atoms with Crippen LogP contribution in [0.15, 0.2) is 34.8 Å². The molecule has 27 heavy (non-hydrogen) atoms. The van der Waals surface area contributed by atoms with Crippen molar-refractivity contribution >= 4 is 42.8 Å². The molecule has 0 radical (unpaired) electrons. The van der Waals surface area contributed by atoms with E-state index in [-0.39, 0.29) is 17.7 Å². The highest BCUT2D eigenvalue weighted by molar-refractivity contribution is 9.10. The number of fused-ring (bicyclic) bond motifs is 1. The van der Waals surface area contributed by atoms with Gasteiger partial charge in [0.1, 0.15) is 23.6 Å². The number of hydrogen-bond donors (Lipinski definition) is 2. The first-order valence-electron chi connectivity index (χ1n) is 8.40. The molecule has 10 heteroatoms. The topological polar surface area (TPSA) is 91.9 Å². The summed E-state index contributed by atoms with van der Waals surface area (Å²) in [4.78, 5) is 19.8. The van der Waals surface area contributed by atoms with Gasteiger partial charge in [0.05, 0.1) is 11.8 Å². The van der Waals surface area contributed by atoms with Gasteiger partial charge in [0.2, 0.25) is 10.0 Å². The van der Waals surface area contributed by atoms with E-state index in [1.807, 2.05) is 0 Å². The Bertz CT molecular complexity index is 1010. The van der Waals surface area contributed by atoms with E-state index in [1.54, 1.807) is 13.0 Å². The molecule has 3 unspecified atom stereocenters. The molecular weight excluding hydrogens is 444 g/mol. The fourth-order valence-electron chi connectivity index (χ4n) is 3.17. The molecule has 0 saturated heterocycles. The van der Waals surface area contributed by atoms with E-state index in [1.165, 1.54) is 12.4 Å². The molecule has 3 atom stereocenters. The number of nitrogens with zero attached hydrogens (tertiary/aromatic N) is 1. The minimum absolute atomic E-state index is 0.104. The minimum atomic E-state index is -3.70. The monoisotopic (exact) mass is 461 g/mol. The van der Waals surface area contributed by atoms with Crippen LogP contribution in [-0.4, -0.2) is 42.1 Å². The summed E-state index contributed by atoms with van der Waals surface area (Å²) in [5.41, 5.74) is 0.518. The second-order valence-corrected chi connectivity index (χ2v) is 9.20. The van der Waals surface area contributed by atoms with Crippen LogP contribution < -0.4 is 4.72 Å². The Morgan fingerprint density at radius 2 is 2.22 bits per heavy atom. The van der Waals surface area contributed by atoms with E-state index in [0.717, 1.165) is 6.08 Å². The van der Waals surface area contributed by atoms with Crippen LogP contribution >= 0.6 is 15.9 Å². The SMILES string of the molecule is CCCS(=O)(=O)NC1CC=C(F)C(C(=O)c2c[nH]c3ncc(Br)cc23)C1F. The molecule has 0 aromatic carbocycles. The molecule has 0 spiro atoms. The normalized spacial score (nSPS) is 23.4. The molecule has 6 nitrogen and oxygen atoms in total. The molecule has 1 aliphatic carbocycles. The molecule has 2 heterocycles. The fraction of sp³-hybridized carbons (Fsp3) is 0.412. The molecule has 1 aliphatic rings. The maximum atomic E-state index is 15.0. The van der Waals surface area contributed by atoms with E-state index in [0.29, 0.717) is 21.9 Å². The number of halogens is 3. The van der Waals surface area contributed by atoms with E-state index >= 15 is 0 Å². The highest BCUT2D eigenvalue weighted by Crippen LogP contribution is 2.34. The summed E-state index contributed by atoms with van der Waals surface area (Å²) in [7, 11) is -3.70. The Hall–Kier alpha value is -1.65. The van der Waals surface area contributed by atoms with Gasteiger partial charge in [-0.1, -0.05) is 13.0 Å². The number of allylic oxidation sites excluding steroid dienone is 1. The number of ketones is 1. The standard InChI is InChI=1S/C17H18BrF2N3O3S/c1-2-5-27(25,26)23-13-4-3-12(19)14(15(13)20)16(24)11-8-22-17-10(11)6-9(18)7-21-17/h3,6-8,13-15,23H,2,4-5H2,1H3,(H,21,22). The van der Waals surface area contributed by atoms with Gasteiger partial charge in [-0.25, -0.2) is 26.9 Å². The van der Waals surface area contributed by atoms with Crippen molar-refractivity contribution < 1.29 is 22.0 Å². The maximum Gasteiger partial charge on any atom is 0.211 e. The van der Waals surface area contributed by atoms with Gasteiger partial charge in [-0.15, -0.1) is 0 Å². The number of H-pyrrole nitrogens is 1. The third-order valence-corrected chi connectivity index (χ3v) is 6.46. The van der Waals surface area contributed by atoms with Crippen molar-refractivity contribution in [3.8, 4) is 0 Å². The second-order valence-electron chi connectivity index (χ2n) is 6.41. The van der Waals surface area contributed by atoms with Gasteiger partial charge in [0.25, 0.3) is 0 Å². The number of hydrogen-bond acceptors (Lipinski definition) is 4. The van der Waals surface area contributed by atoms with Gasteiger partial charge >= 0.3 is 0 Å². The number of pyridine rings is 1. The van der Waals surface area contributed by atoms with Gasteiger partial charge in [0.15, 0.2) is 5.78 Å². The molecule has 0 amide bonds. The Morgan fingerprint density at radius 1 is 1.48 bits per heavy atom. The van der Waals surface area contributed by atoms with Crippen molar-refractivity contribution in [2.45, 2.75) is 32.0 Å². The number of Topliss-reactive ketones (excluding diaryl/α,β-unsaturated/α-hetero) is 1. The zero-order valence-electron chi connectivity index (χ0n) is 14.4. The Labute approximate surface area is 163 Å². The molecule has 0 bridgehead atoms. The second kappa shape index (κ2) is 7.76. The van der Waals surface area contributed by atoms with Gasteiger partial charge in [-0.3, -0.25) is 4.79 Å². The first kappa shape index (κ1) is 20.1. The average Bonchev–Trinajstić information content (AvgIpc) is 3.00. The largest absolute Gasteiger partial charge is 0.345 e. The highest BCUT2D eigenvalue weighted by Gasteiger charge is 2.42. The van der Waals surface area contributed by atoms with E-state index in [2.05, 4.69) is 30.6 Å². The first-order valence-corrected chi connectivity index (χ1v) is 10.8. The van der Waals surface area contributed by atoms with Crippen LogP contribution in [0.3, 0.4) is 0 Å². The van der Waals surface area contributed by atoms with Crippen molar-refractivity contribution in [1.82, 2.24) is 14.7 Å². The zero-order valence-corrected chi connectivity index (χ0v) is 16.8. The number of sulfonamides is 1. The lowest BCUT2D eigenvalue weighted by Gasteiger charge is -2.30. The lowest BCUT2D eigenvalue weighted by Crippen LogP contribution is -2.48. The summed E-state index contributed by atoms with van der Waals surface area (Å²) >= 11 is 3.25. The van der Waals surface area contributed by atoms with Crippen molar-refractivity contribution in [3.63, 3.8) is 0 Å². The van der Waals surface area contributed by atoms with Crippen LogP contribution in [0.2, 0.25) is 0 Å². The van der Waals surface area contributed by atoms with Gasteiger partial charge < -0.3 is 4.98 Å². The number of aromatic nitrogens is 2. The molecule has 0 aliphatic heterocycles. The van der Waals surface area contributed by atoms with Crippen LogP contribution in [0.4, 0.5) is 8.78 Å². The summed E-state index contributed by atoms with van der Waals surface area (Å²) in [5, 5.41) is 0.433. The molecule has 2 aromatic heterocycles. The molecule has 0 saturated carbocycles. The number of carbonyl (C=O) groups excluding carboxylic acids is 1. The van der Waals surface area contributed by atoms with Gasteiger partial charge in [-0.2, -0.15) is 0 Å². The van der Waals surface area contributed by atoms with Crippen molar-refractivity contribution in [2.75, 3.05) is 5.75 Å². The van der Waals surface area contributed by atoms with Crippen molar-refractivity contribution in [1.29, 1.82) is 0 Å². The minimum Gasteiger partial charge on any atom is -0.345 e. The van der Waals surface area contributed by atoms with E-state index < -0.39 is 39.8 Å². The summed E-state index contributed by atoms with van der Waals surface area (Å²) in [5.74, 6) is -3.52. The lowest BCUT2D eigenvalue weighted by molar-refractivity contribution is 0.0805. The molecule has 3 rings (SSSR count). The van der Waals surface area contributed by atoms with Crippen LogP contribution in [0.25, 0.3) is 11.0 Å². The van der Waals surface area contributed by atoms with Crippen molar-refractivity contribution in [2.24, 2.45) is 5.92 Å². The maximum absolute atomic E-state index is 15.0. The van der Waals surface area contributed by atoms with Crippen LogP contribution in [0.1, 0.15) is 30.1 Å². The summed E-state index contributed by atoms with van der Waals surface area (Å²) in [6.45, 7) is 1.68. The first-order chi connectivity index (χ1) is 12.7. The number of rotatable bonds is 6. The predicted octanol–water partition coefficient (Wildman–Crippen LogP) is 3.42. The number of aromatic amines is 1. The number of carbonyl (C=O) groups is 1. The van der Waals surface area contributed by atoms with Gasteiger partial charge in [0, 0.05) is 27.8 Å². The fourth-order valence-corrected chi connectivity index (χ4v) is 4.85. The molecule has 2 N–H and O–H groups in total. The third kappa shape index (κ3) is 4.12. The van der Waals surface area contributed by atoms with Crippen LogP contribution in [0, 0.1) is 5.92 Å². The molecule has 146 valence electrons. The summed E-state index contributed by atoms with van der Waals surface area (Å²) in [6, 6.07) is 0.440. The Kier molecular flexibility index (Phi) is 5.78. The highest BCUT2D eigenvalue weighted by atomic mass is 79.9. The van der Waals surface area contributed by atoms with E-state index in [4.69, 9.17) is 0 Å². The summed E-state index contributed by atoms with van der Waals surface area (Å²) in [6.07, 6.45) is 2.16. The van der Waals surface area contributed by atoms with E-state index in [9.17, 15) is 22.0 Å². The smallest absolute Gasteiger partial charge is 0.211 e. The van der Waals surface area contributed by atoms with Gasteiger partial charge in [-0.05, 0) is 34.8 Å². The van der Waals surface area contributed by atoms with Crippen LogP contribution in [0.5, 0.6) is 0 Å². The third-order valence-electron chi connectivity index (χ3n) is 4.42. The average molecular weight is 462 g/mol. The quantitative estimate of drug-likeness (QED) is 0.644. The van der Waals surface area contributed by atoms with Crippen LogP contribution in [-0.2, 0) is 10.0 Å². The zero-order chi connectivity index (χ0) is 19.8.